The minimum Gasteiger partial charge on any atom is -0.349 e. The molecule has 8 heteroatoms. The van der Waals surface area contributed by atoms with Gasteiger partial charge in [-0.1, -0.05) is 38.1 Å². The van der Waals surface area contributed by atoms with Crippen molar-refractivity contribution in [2.24, 2.45) is 12.0 Å². The number of nitrogens with one attached hydrogen (secondary N) is 1. The lowest BCUT2D eigenvalue weighted by molar-refractivity contribution is 0.172. The van der Waals surface area contributed by atoms with Crippen molar-refractivity contribution in [2.45, 2.75) is 32.9 Å². The van der Waals surface area contributed by atoms with E-state index in [-0.39, 0.29) is 24.0 Å². The van der Waals surface area contributed by atoms with Gasteiger partial charge in [-0.05, 0) is 17.0 Å². The predicted octanol–water partition coefficient (Wildman–Crippen LogP) is 2.45. The first kappa shape index (κ1) is 22.6. The zero-order chi connectivity index (χ0) is 19.2. The first-order chi connectivity index (χ1) is 13.1. The largest absolute Gasteiger partial charge is 0.349 e. The molecule has 2 heterocycles. The van der Waals surface area contributed by atoms with Crippen molar-refractivity contribution in [3.05, 3.63) is 47.5 Å². The summed E-state index contributed by atoms with van der Waals surface area (Å²) in [5.41, 5.74) is 2.79. The molecule has 1 saturated heterocycles. The molecular weight excluding hydrogens is 465 g/mol. The molecule has 0 atom stereocenters. The number of hydrogen-bond acceptors (Lipinski definition) is 4. The van der Waals surface area contributed by atoms with Crippen molar-refractivity contribution in [1.29, 1.82) is 0 Å². The Kier molecular flexibility index (Phi) is 8.68. The third-order valence-electron chi connectivity index (χ3n) is 5.15. The van der Waals surface area contributed by atoms with Crippen molar-refractivity contribution in [3.8, 4) is 0 Å². The molecule has 1 aromatic heterocycles. The third-order valence-corrected chi connectivity index (χ3v) is 5.15. The lowest BCUT2D eigenvalue weighted by Crippen LogP contribution is -2.52. The zero-order valence-corrected chi connectivity index (χ0v) is 19.6. The SMILES string of the molecule is CN=C(NCc1ncnn1C)N1CCN(Cc2ccc(C(C)C)cc2)CC1.I. The highest BCUT2D eigenvalue weighted by atomic mass is 127. The van der Waals surface area contributed by atoms with E-state index in [1.165, 1.54) is 11.1 Å². The van der Waals surface area contributed by atoms with E-state index in [1.807, 2.05) is 14.1 Å². The molecule has 1 fully saturated rings. The van der Waals surface area contributed by atoms with Gasteiger partial charge in [0.1, 0.15) is 12.2 Å². The number of hydrogen-bond donors (Lipinski definition) is 1. The zero-order valence-electron chi connectivity index (χ0n) is 17.3. The van der Waals surface area contributed by atoms with E-state index in [1.54, 1.807) is 11.0 Å². The van der Waals surface area contributed by atoms with Crippen LogP contribution in [-0.2, 0) is 20.1 Å². The van der Waals surface area contributed by atoms with Crippen molar-refractivity contribution in [2.75, 3.05) is 33.2 Å². The predicted molar refractivity (Wildman–Crippen MR) is 124 cm³/mol. The molecule has 0 radical (unpaired) electrons. The van der Waals surface area contributed by atoms with Crippen molar-refractivity contribution in [3.63, 3.8) is 0 Å². The number of aliphatic imine (C=N–C) groups is 1. The Bertz CT molecular complexity index is 746. The summed E-state index contributed by atoms with van der Waals surface area (Å²) in [7, 11) is 3.74. The number of piperazine rings is 1. The number of halogens is 1. The fourth-order valence-electron chi connectivity index (χ4n) is 3.35. The van der Waals surface area contributed by atoms with Gasteiger partial charge in [0.2, 0.25) is 0 Å². The van der Waals surface area contributed by atoms with Gasteiger partial charge in [0.05, 0.1) is 6.54 Å². The number of guanidine groups is 1. The fraction of sp³-hybridized carbons (Fsp3) is 0.550. The molecule has 0 spiro atoms. The number of benzene rings is 1. The van der Waals surface area contributed by atoms with Crippen LogP contribution in [0.5, 0.6) is 0 Å². The average Bonchev–Trinajstić information content (AvgIpc) is 3.09. The molecule has 1 aromatic carbocycles. The van der Waals surface area contributed by atoms with E-state index >= 15 is 0 Å². The van der Waals surface area contributed by atoms with Crippen LogP contribution < -0.4 is 5.32 Å². The van der Waals surface area contributed by atoms with Crippen LogP contribution in [0.15, 0.2) is 35.6 Å². The molecule has 154 valence electrons. The molecule has 0 aliphatic carbocycles. The molecule has 3 rings (SSSR count). The third kappa shape index (κ3) is 5.91. The summed E-state index contributed by atoms with van der Waals surface area (Å²) < 4.78 is 1.78. The maximum Gasteiger partial charge on any atom is 0.194 e. The van der Waals surface area contributed by atoms with Crippen LogP contribution in [0.2, 0.25) is 0 Å². The Morgan fingerprint density at radius 3 is 2.36 bits per heavy atom. The van der Waals surface area contributed by atoms with Gasteiger partial charge in [-0.25, -0.2) is 4.98 Å². The van der Waals surface area contributed by atoms with Gasteiger partial charge >= 0.3 is 0 Å². The first-order valence-corrected chi connectivity index (χ1v) is 9.66. The van der Waals surface area contributed by atoms with E-state index in [2.05, 4.69) is 68.3 Å². The second-order valence-corrected chi connectivity index (χ2v) is 7.36. The van der Waals surface area contributed by atoms with Gasteiger partial charge in [-0.15, -0.1) is 24.0 Å². The fourth-order valence-corrected chi connectivity index (χ4v) is 3.35. The van der Waals surface area contributed by atoms with Crippen LogP contribution in [0.25, 0.3) is 0 Å². The van der Waals surface area contributed by atoms with E-state index in [4.69, 9.17) is 0 Å². The highest BCUT2D eigenvalue weighted by Crippen LogP contribution is 2.16. The molecule has 1 N–H and O–H groups in total. The van der Waals surface area contributed by atoms with Crippen LogP contribution in [0.4, 0.5) is 0 Å². The Balaban J connectivity index is 0.00000280. The highest BCUT2D eigenvalue weighted by molar-refractivity contribution is 14.0. The Morgan fingerprint density at radius 1 is 1.14 bits per heavy atom. The van der Waals surface area contributed by atoms with E-state index in [9.17, 15) is 0 Å². The lowest BCUT2D eigenvalue weighted by atomic mass is 10.0. The Hall–Kier alpha value is -1.68. The standard InChI is InChI=1S/C20H31N7.HI/c1-16(2)18-7-5-17(6-8-18)14-26-9-11-27(12-10-26)20(21-3)22-13-19-23-15-24-25(19)4;/h5-8,15-16H,9-14H2,1-4H3,(H,21,22);1H. The molecule has 0 bridgehead atoms. The quantitative estimate of drug-likeness (QED) is 0.391. The Morgan fingerprint density at radius 2 is 1.82 bits per heavy atom. The summed E-state index contributed by atoms with van der Waals surface area (Å²) in [5, 5.41) is 7.50. The summed E-state index contributed by atoms with van der Waals surface area (Å²) in [6.07, 6.45) is 1.58. The van der Waals surface area contributed by atoms with Crippen molar-refractivity contribution >= 4 is 29.9 Å². The van der Waals surface area contributed by atoms with Gasteiger partial charge in [-0.3, -0.25) is 14.6 Å². The second kappa shape index (κ2) is 10.8. The summed E-state index contributed by atoms with van der Waals surface area (Å²) in [6, 6.07) is 9.05. The second-order valence-electron chi connectivity index (χ2n) is 7.36. The minimum absolute atomic E-state index is 0. The summed E-state index contributed by atoms with van der Waals surface area (Å²) >= 11 is 0. The normalized spacial score (nSPS) is 15.6. The van der Waals surface area contributed by atoms with Crippen LogP contribution in [0.3, 0.4) is 0 Å². The van der Waals surface area contributed by atoms with Gasteiger partial charge < -0.3 is 10.2 Å². The van der Waals surface area contributed by atoms with Gasteiger partial charge in [0.25, 0.3) is 0 Å². The summed E-state index contributed by atoms with van der Waals surface area (Å²) in [5.74, 6) is 2.42. The smallest absolute Gasteiger partial charge is 0.194 e. The molecule has 7 nitrogen and oxygen atoms in total. The molecule has 1 aliphatic rings. The van der Waals surface area contributed by atoms with Crippen LogP contribution in [-0.4, -0.2) is 63.8 Å². The lowest BCUT2D eigenvalue weighted by Gasteiger charge is -2.36. The number of rotatable bonds is 5. The number of aromatic nitrogens is 3. The Labute approximate surface area is 185 Å². The topological polar surface area (TPSA) is 61.6 Å². The number of aryl methyl sites for hydroxylation is 1. The molecule has 0 saturated carbocycles. The van der Waals surface area contributed by atoms with E-state index in [0.29, 0.717) is 12.5 Å². The van der Waals surface area contributed by atoms with Crippen LogP contribution >= 0.6 is 24.0 Å². The van der Waals surface area contributed by atoms with Gasteiger partial charge in [-0.2, -0.15) is 5.10 Å². The van der Waals surface area contributed by atoms with E-state index < -0.39 is 0 Å². The molecular formula is C20H32IN7. The summed E-state index contributed by atoms with van der Waals surface area (Å²) in [4.78, 5) is 13.5. The van der Waals surface area contributed by atoms with Gasteiger partial charge in [0, 0.05) is 46.8 Å². The average molecular weight is 497 g/mol. The van der Waals surface area contributed by atoms with Crippen molar-refractivity contribution < 1.29 is 0 Å². The minimum atomic E-state index is 0. The van der Waals surface area contributed by atoms with Crippen molar-refractivity contribution in [1.82, 2.24) is 29.9 Å². The van der Waals surface area contributed by atoms with Crippen LogP contribution in [0, 0.1) is 0 Å². The maximum atomic E-state index is 4.43. The molecule has 0 unspecified atom stereocenters. The summed E-state index contributed by atoms with van der Waals surface area (Å²) in [6.45, 7) is 10.1. The van der Waals surface area contributed by atoms with Gasteiger partial charge in [0.15, 0.2) is 5.96 Å². The van der Waals surface area contributed by atoms with Crippen LogP contribution in [0.1, 0.15) is 36.7 Å². The van der Waals surface area contributed by atoms with E-state index in [0.717, 1.165) is 44.5 Å². The number of nitrogens with zero attached hydrogens (tertiary/aromatic N) is 6. The molecule has 28 heavy (non-hydrogen) atoms. The first-order valence-electron chi connectivity index (χ1n) is 9.66. The molecule has 2 aromatic rings. The molecule has 0 amide bonds. The molecule has 1 aliphatic heterocycles. The highest BCUT2D eigenvalue weighted by Gasteiger charge is 2.20. The maximum absolute atomic E-state index is 4.43. The monoisotopic (exact) mass is 497 g/mol.